The Labute approximate surface area is 84.8 Å². The topological polar surface area (TPSA) is 29.5 Å². The number of hydrogen-bond donors (Lipinski definition) is 1. The van der Waals surface area contributed by atoms with Gasteiger partial charge in [-0.05, 0) is 12.5 Å². The quantitative estimate of drug-likeness (QED) is 0.572. The smallest absolute Gasteiger partial charge is 0.0721 e. The number of benzene rings is 1. The van der Waals surface area contributed by atoms with Crippen molar-refractivity contribution in [3.8, 4) is 0 Å². The van der Waals surface area contributed by atoms with Gasteiger partial charge in [-0.1, -0.05) is 42.5 Å². The van der Waals surface area contributed by atoms with Crippen LogP contribution >= 0.6 is 0 Å². The molecule has 76 valence electrons. The molecular formula is C12H16O2. The van der Waals surface area contributed by atoms with Gasteiger partial charge in [-0.2, -0.15) is 0 Å². The number of ether oxygens (including phenoxy) is 1. The van der Waals surface area contributed by atoms with Crippen molar-refractivity contribution in [1.29, 1.82) is 0 Å². The van der Waals surface area contributed by atoms with Crippen LogP contribution in [0.15, 0.2) is 42.5 Å². The van der Waals surface area contributed by atoms with Crippen molar-refractivity contribution >= 4 is 0 Å². The summed E-state index contributed by atoms with van der Waals surface area (Å²) in [5.74, 6) is 0. The first-order valence-electron chi connectivity index (χ1n) is 4.75. The van der Waals surface area contributed by atoms with E-state index in [0.29, 0.717) is 13.2 Å². The molecule has 0 saturated heterocycles. The average molecular weight is 192 g/mol. The summed E-state index contributed by atoms with van der Waals surface area (Å²) in [5, 5.41) is 8.93. The fraction of sp³-hybridized carbons (Fsp3) is 0.333. The van der Waals surface area contributed by atoms with E-state index in [2.05, 4.69) is 0 Å². The van der Waals surface area contributed by atoms with E-state index in [0.717, 1.165) is 5.56 Å². The van der Waals surface area contributed by atoms with Gasteiger partial charge in [-0.3, -0.25) is 0 Å². The summed E-state index contributed by atoms with van der Waals surface area (Å²) in [5.41, 5.74) is 1.16. The van der Waals surface area contributed by atoms with Gasteiger partial charge in [0.25, 0.3) is 0 Å². The van der Waals surface area contributed by atoms with Crippen molar-refractivity contribution in [2.24, 2.45) is 0 Å². The minimum Gasteiger partial charge on any atom is -0.389 e. The first-order valence-corrected chi connectivity index (χ1v) is 4.75. The second-order valence-electron chi connectivity index (χ2n) is 3.17. The third kappa shape index (κ3) is 4.80. The molecule has 0 aliphatic heterocycles. The molecule has 0 bridgehead atoms. The molecule has 0 fully saturated rings. The Balaban J connectivity index is 2.16. The molecular weight excluding hydrogens is 176 g/mol. The normalized spacial score (nSPS) is 13.3. The minimum atomic E-state index is -0.393. The highest BCUT2D eigenvalue weighted by atomic mass is 16.5. The van der Waals surface area contributed by atoms with Gasteiger partial charge in [0, 0.05) is 0 Å². The lowest BCUT2D eigenvalue weighted by atomic mass is 10.2. The Hall–Kier alpha value is -1.12. The highest BCUT2D eigenvalue weighted by Crippen LogP contribution is 2.00. The largest absolute Gasteiger partial charge is 0.389 e. The molecule has 1 rings (SSSR count). The monoisotopic (exact) mass is 192 g/mol. The van der Waals surface area contributed by atoms with Crippen molar-refractivity contribution < 1.29 is 9.84 Å². The number of aliphatic hydroxyl groups excluding tert-OH is 1. The summed E-state index contributed by atoms with van der Waals surface area (Å²) in [7, 11) is 0. The Kier molecular flexibility index (Phi) is 4.97. The molecule has 0 aliphatic rings. The predicted octanol–water partition coefficient (Wildman–Crippen LogP) is 2.14. The Morgan fingerprint density at radius 3 is 2.71 bits per heavy atom. The van der Waals surface area contributed by atoms with Crippen LogP contribution < -0.4 is 0 Å². The number of rotatable bonds is 5. The highest BCUT2D eigenvalue weighted by Gasteiger charge is 1.89. The van der Waals surface area contributed by atoms with Crippen LogP contribution in [-0.2, 0) is 11.3 Å². The van der Waals surface area contributed by atoms with Crippen molar-refractivity contribution in [2.75, 3.05) is 6.61 Å². The maximum atomic E-state index is 8.93. The van der Waals surface area contributed by atoms with Gasteiger partial charge in [-0.15, -0.1) is 0 Å². The van der Waals surface area contributed by atoms with Crippen LogP contribution in [0.1, 0.15) is 12.5 Å². The zero-order valence-corrected chi connectivity index (χ0v) is 8.39. The van der Waals surface area contributed by atoms with Gasteiger partial charge in [0.05, 0.1) is 19.3 Å². The molecule has 0 spiro atoms. The summed E-state index contributed by atoms with van der Waals surface area (Å²) in [6.07, 6.45) is 3.15. The van der Waals surface area contributed by atoms with Crippen molar-refractivity contribution in [1.82, 2.24) is 0 Å². The highest BCUT2D eigenvalue weighted by molar-refractivity contribution is 5.13. The van der Waals surface area contributed by atoms with E-state index < -0.39 is 6.10 Å². The Morgan fingerprint density at radius 1 is 1.36 bits per heavy atom. The summed E-state index contributed by atoms with van der Waals surface area (Å²) < 4.78 is 5.37. The predicted molar refractivity (Wildman–Crippen MR) is 56.9 cm³/mol. The Morgan fingerprint density at radius 2 is 2.07 bits per heavy atom. The molecule has 2 nitrogen and oxygen atoms in total. The molecule has 1 N–H and O–H groups in total. The fourth-order valence-electron chi connectivity index (χ4n) is 1.07. The molecule has 0 amide bonds. The average Bonchev–Trinajstić information content (AvgIpc) is 2.18. The van der Waals surface area contributed by atoms with Gasteiger partial charge < -0.3 is 9.84 Å². The molecule has 0 aliphatic carbocycles. The van der Waals surface area contributed by atoms with Gasteiger partial charge in [0.15, 0.2) is 0 Å². The van der Waals surface area contributed by atoms with Gasteiger partial charge in [-0.25, -0.2) is 0 Å². The molecule has 1 atom stereocenters. The van der Waals surface area contributed by atoms with Gasteiger partial charge in [0.2, 0.25) is 0 Å². The lowest BCUT2D eigenvalue weighted by Crippen LogP contribution is -1.96. The van der Waals surface area contributed by atoms with Crippen LogP contribution in [0.5, 0.6) is 0 Å². The van der Waals surface area contributed by atoms with E-state index in [1.54, 1.807) is 13.0 Å². The number of hydrogen-bond acceptors (Lipinski definition) is 2. The second kappa shape index (κ2) is 6.35. The van der Waals surface area contributed by atoms with E-state index in [4.69, 9.17) is 9.84 Å². The molecule has 1 aromatic carbocycles. The maximum absolute atomic E-state index is 8.93. The lowest BCUT2D eigenvalue weighted by molar-refractivity contribution is 0.147. The van der Waals surface area contributed by atoms with E-state index in [9.17, 15) is 0 Å². The van der Waals surface area contributed by atoms with Gasteiger partial charge in [0.1, 0.15) is 0 Å². The van der Waals surface area contributed by atoms with Crippen molar-refractivity contribution in [2.45, 2.75) is 19.6 Å². The van der Waals surface area contributed by atoms with Crippen LogP contribution in [0, 0.1) is 0 Å². The molecule has 0 heterocycles. The molecule has 0 radical (unpaired) electrons. The molecule has 2 heteroatoms. The third-order valence-electron chi connectivity index (χ3n) is 1.74. The molecule has 0 aromatic heterocycles. The van der Waals surface area contributed by atoms with Crippen LogP contribution in [-0.4, -0.2) is 17.8 Å². The standard InChI is InChI=1S/C12H16O2/c1-11(13)6-5-9-14-10-12-7-3-2-4-8-12/h2-8,11,13H,9-10H2,1H3/b6-5-. The van der Waals surface area contributed by atoms with E-state index >= 15 is 0 Å². The first kappa shape index (κ1) is 11.0. The van der Waals surface area contributed by atoms with Gasteiger partial charge >= 0.3 is 0 Å². The summed E-state index contributed by atoms with van der Waals surface area (Å²) in [6.45, 7) is 2.87. The van der Waals surface area contributed by atoms with Crippen molar-refractivity contribution in [3.63, 3.8) is 0 Å². The molecule has 14 heavy (non-hydrogen) atoms. The van der Waals surface area contributed by atoms with Crippen LogP contribution in [0.2, 0.25) is 0 Å². The summed E-state index contributed by atoms with van der Waals surface area (Å²) >= 11 is 0. The fourth-order valence-corrected chi connectivity index (χ4v) is 1.07. The summed E-state index contributed by atoms with van der Waals surface area (Å²) in [6, 6.07) is 10.0. The van der Waals surface area contributed by atoms with Crippen LogP contribution in [0.4, 0.5) is 0 Å². The van der Waals surface area contributed by atoms with Crippen molar-refractivity contribution in [3.05, 3.63) is 48.0 Å². The van der Waals surface area contributed by atoms with Crippen LogP contribution in [0.25, 0.3) is 0 Å². The first-order chi connectivity index (χ1) is 6.79. The zero-order valence-electron chi connectivity index (χ0n) is 8.39. The van der Waals surface area contributed by atoms with E-state index in [-0.39, 0.29) is 0 Å². The second-order valence-corrected chi connectivity index (χ2v) is 3.17. The van der Waals surface area contributed by atoms with Crippen LogP contribution in [0.3, 0.4) is 0 Å². The SMILES string of the molecule is CC(O)/C=C\COCc1ccccc1. The number of aliphatic hydroxyl groups is 1. The molecule has 1 aromatic rings. The zero-order chi connectivity index (χ0) is 10.2. The molecule has 1 unspecified atom stereocenters. The third-order valence-corrected chi connectivity index (χ3v) is 1.74. The maximum Gasteiger partial charge on any atom is 0.0721 e. The summed E-state index contributed by atoms with van der Waals surface area (Å²) in [4.78, 5) is 0. The van der Waals surface area contributed by atoms with E-state index in [1.807, 2.05) is 36.4 Å². The lowest BCUT2D eigenvalue weighted by Gasteiger charge is -2.00. The molecule has 0 saturated carbocycles. The Bertz CT molecular complexity index is 265. The minimum absolute atomic E-state index is 0.393. The van der Waals surface area contributed by atoms with E-state index in [1.165, 1.54) is 0 Å².